The van der Waals surface area contributed by atoms with Gasteiger partial charge in [-0.15, -0.1) is 0 Å². The molecule has 1 unspecified atom stereocenters. The lowest BCUT2D eigenvalue weighted by Crippen LogP contribution is -2.45. The Morgan fingerprint density at radius 1 is 0.972 bits per heavy atom. The summed E-state index contributed by atoms with van der Waals surface area (Å²) in [5.41, 5.74) is 4.02. The van der Waals surface area contributed by atoms with E-state index in [-0.39, 0.29) is 36.6 Å². The maximum atomic E-state index is 13.5. The third-order valence-electron chi connectivity index (χ3n) is 5.68. The van der Waals surface area contributed by atoms with Gasteiger partial charge in [0.2, 0.25) is 11.8 Å². The van der Waals surface area contributed by atoms with Crippen molar-refractivity contribution in [1.82, 2.24) is 9.88 Å². The smallest absolute Gasteiger partial charge is 0.328 e. The van der Waals surface area contributed by atoms with Crippen LogP contribution in [0.5, 0.6) is 0 Å². The first kappa shape index (κ1) is 26.7. The molecular formula is C28H32FN3O4. The Bertz CT molecular complexity index is 1200. The largest absolute Gasteiger partial charge is 0.464 e. The Labute approximate surface area is 210 Å². The average Bonchev–Trinajstić information content (AvgIpc) is 3.25. The van der Waals surface area contributed by atoms with E-state index in [0.29, 0.717) is 12.1 Å². The summed E-state index contributed by atoms with van der Waals surface area (Å²) in [6.45, 7) is 7.13. The molecule has 0 saturated heterocycles. The maximum absolute atomic E-state index is 13.5. The Hall–Kier alpha value is -3.94. The van der Waals surface area contributed by atoms with E-state index >= 15 is 0 Å². The number of hydrogen-bond acceptors (Lipinski definition) is 4. The predicted molar refractivity (Wildman–Crippen MR) is 137 cm³/mol. The molecule has 8 heteroatoms. The van der Waals surface area contributed by atoms with Gasteiger partial charge in [-0.1, -0.05) is 13.8 Å². The number of aromatic nitrogens is 1. The van der Waals surface area contributed by atoms with Crippen LogP contribution in [0.2, 0.25) is 0 Å². The number of anilines is 1. The van der Waals surface area contributed by atoms with Gasteiger partial charge in [-0.25, -0.2) is 9.18 Å². The number of rotatable bonds is 10. The second kappa shape index (κ2) is 12.2. The number of carbonyl (C=O) groups is 3. The third kappa shape index (κ3) is 6.81. The number of nitrogens with one attached hydrogen (secondary N) is 2. The van der Waals surface area contributed by atoms with Crippen molar-refractivity contribution in [3.63, 3.8) is 0 Å². The molecule has 0 aliphatic carbocycles. The van der Waals surface area contributed by atoms with Crippen LogP contribution < -0.4 is 10.6 Å². The standard InChI is InChI=1S/C28H32FN3O4/c1-5-36-28(35)27(18(2)3)31-26(34)17-15-24-14-16-25(20-6-8-21(29)9-7-20)32(24)23-12-10-22(11-13-23)30-19(4)33/h6-14,16,18,27H,5,15,17H2,1-4H3,(H,30,33)(H,31,34). The molecule has 3 aromatic rings. The summed E-state index contributed by atoms with van der Waals surface area (Å²) >= 11 is 0. The Kier molecular flexibility index (Phi) is 9.00. The minimum absolute atomic E-state index is 0.107. The number of carbonyl (C=O) groups excluding carboxylic acids is 3. The van der Waals surface area contributed by atoms with Gasteiger partial charge in [-0.3, -0.25) is 9.59 Å². The lowest BCUT2D eigenvalue weighted by Gasteiger charge is -2.20. The molecule has 36 heavy (non-hydrogen) atoms. The molecule has 190 valence electrons. The van der Waals surface area contributed by atoms with Crippen molar-refractivity contribution in [2.45, 2.75) is 46.6 Å². The van der Waals surface area contributed by atoms with Crippen LogP contribution >= 0.6 is 0 Å². The summed E-state index contributed by atoms with van der Waals surface area (Å²) in [7, 11) is 0. The molecule has 7 nitrogen and oxygen atoms in total. The van der Waals surface area contributed by atoms with Crippen molar-refractivity contribution in [3.8, 4) is 16.9 Å². The van der Waals surface area contributed by atoms with Crippen LogP contribution in [-0.4, -0.2) is 35.0 Å². The number of aryl methyl sites for hydroxylation is 1. The van der Waals surface area contributed by atoms with Crippen LogP contribution in [0.25, 0.3) is 16.9 Å². The summed E-state index contributed by atoms with van der Waals surface area (Å²) < 4.78 is 20.6. The van der Waals surface area contributed by atoms with E-state index < -0.39 is 12.0 Å². The van der Waals surface area contributed by atoms with E-state index in [9.17, 15) is 18.8 Å². The van der Waals surface area contributed by atoms with E-state index in [1.807, 2.05) is 42.7 Å². The fourth-order valence-corrected chi connectivity index (χ4v) is 3.94. The molecular weight excluding hydrogens is 461 g/mol. The Morgan fingerprint density at radius 2 is 1.64 bits per heavy atom. The van der Waals surface area contributed by atoms with E-state index in [2.05, 4.69) is 10.6 Å². The van der Waals surface area contributed by atoms with Gasteiger partial charge in [0.25, 0.3) is 0 Å². The average molecular weight is 494 g/mol. The quantitative estimate of drug-likeness (QED) is 0.394. The molecule has 1 aromatic heterocycles. The predicted octanol–water partition coefficient (Wildman–Crippen LogP) is 4.88. The maximum Gasteiger partial charge on any atom is 0.328 e. The molecule has 0 aliphatic heterocycles. The van der Waals surface area contributed by atoms with Crippen molar-refractivity contribution in [2.24, 2.45) is 5.92 Å². The van der Waals surface area contributed by atoms with E-state index in [4.69, 9.17) is 4.74 Å². The van der Waals surface area contributed by atoms with E-state index in [1.54, 1.807) is 31.2 Å². The zero-order valence-corrected chi connectivity index (χ0v) is 21.0. The highest BCUT2D eigenvalue weighted by Gasteiger charge is 2.25. The van der Waals surface area contributed by atoms with Crippen molar-refractivity contribution in [3.05, 3.63) is 72.2 Å². The van der Waals surface area contributed by atoms with Crippen LogP contribution in [0.15, 0.2) is 60.7 Å². The summed E-state index contributed by atoms with van der Waals surface area (Å²) in [5, 5.41) is 5.55. The second-order valence-electron chi connectivity index (χ2n) is 8.82. The number of amides is 2. The second-order valence-corrected chi connectivity index (χ2v) is 8.82. The van der Waals surface area contributed by atoms with Gasteiger partial charge >= 0.3 is 5.97 Å². The highest BCUT2D eigenvalue weighted by atomic mass is 19.1. The first-order chi connectivity index (χ1) is 17.2. The van der Waals surface area contributed by atoms with E-state index in [0.717, 1.165) is 22.6 Å². The molecule has 0 saturated carbocycles. The third-order valence-corrected chi connectivity index (χ3v) is 5.68. The number of benzene rings is 2. The summed E-state index contributed by atoms with van der Waals surface area (Å²) in [6, 6.07) is 16.7. The highest BCUT2D eigenvalue weighted by Crippen LogP contribution is 2.28. The molecule has 1 atom stereocenters. The zero-order valence-electron chi connectivity index (χ0n) is 21.0. The molecule has 3 rings (SSSR count). The minimum Gasteiger partial charge on any atom is -0.464 e. The van der Waals surface area contributed by atoms with Gasteiger partial charge < -0.3 is 19.9 Å². The lowest BCUT2D eigenvalue weighted by atomic mass is 10.0. The van der Waals surface area contributed by atoms with Gasteiger partial charge in [-0.05, 0) is 85.5 Å². The highest BCUT2D eigenvalue weighted by molar-refractivity contribution is 5.88. The topological polar surface area (TPSA) is 89.4 Å². The van der Waals surface area contributed by atoms with Gasteiger partial charge in [0.15, 0.2) is 0 Å². The normalized spacial score (nSPS) is 11.7. The molecule has 0 bridgehead atoms. The molecule has 0 aliphatic rings. The number of esters is 1. The number of nitrogens with zero attached hydrogens (tertiary/aromatic N) is 1. The fraction of sp³-hybridized carbons (Fsp3) is 0.321. The summed E-state index contributed by atoms with van der Waals surface area (Å²) in [5.74, 6) is -1.29. The fourth-order valence-electron chi connectivity index (χ4n) is 3.94. The molecule has 0 spiro atoms. The molecule has 2 aromatic carbocycles. The van der Waals surface area contributed by atoms with Gasteiger partial charge in [0.1, 0.15) is 11.9 Å². The SMILES string of the molecule is CCOC(=O)C(NC(=O)CCc1ccc(-c2ccc(F)cc2)n1-c1ccc(NC(C)=O)cc1)C(C)C. The van der Waals surface area contributed by atoms with Crippen molar-refractivity contribution < 1.29 is 23.5 Å². The van der Waals surface area contributed by atoms with Crippen LogP contribution in [0.1, 0.15) is 39.8 Å². The number of ether oxygens (including phenoxy) is 1. The summed E-state index contributed by atoms with van der Waals surface area (Å²) in [4.78, 5) is 36.3. The number of hydrogen-bond donors (Lipinski definition) is 2. The van der Waals surface area contributed by atoms with E-state index in [1.165, 1.54) is 19.1 Å². The minimum atomic E-state index is -0.708. The van der Waals surface area contributed by atoms with Crippen molar-refractivity contribution in [2.75, 3.05) is 11.9 Å². The Morgan fingerprint density at radius 3 is 2.22 bits per heavy atom. The van der Waals surface area contributed by atoms with Crippen LogP contribution in [-0.2, 0) is 25.5 Å². The molecule has 0 fully saturated rings. The first-order valence-electron chi connectivity index (χ1n) is 12.0. The Balaban J connectivity index is 1.87. The zero-order chi connectivity index (χ0) is 26.2. The number of halogens is 1. The van der Waals surface area contributed by atoms with Gasteiger partial charge in [-0.2, -0.15) is 0 Å². The monoisotopic (exact) mass is 493 g/mol. The lowest BCUT2D eigenvalue weighted by molar-refractivity contribution is -0.148. The van der Waals surface area contributed by atoms with Gasteiger partial charge in [0.05, 0.1) is 12.3 Å². The molecule has 2 N–H and O–H groups in total. The molecule has 2 amide bonds. The van der Waals surface area contributed by atoms with Gasteiger partial charge in [0, 0.05) is 30.4 Å². The van der Waals surface area contributed by atoms with Crippen molar-refractivity contribution >= 4 is 23.5 Å². The molecule has 1 heterocycles. The summed E-state index contributed by atoms with van der Waals surface area (Å²) in [6.07, 6.45) is 0.577. The van der Waals surface area contributed by atoms with Crippen LogP contribution in [0.3, 0.4) is 0 Å². The molecule has 0 radical (unpaired) electrons. The van der Waals surface area contributed by atoms with Crippen LogP contribution in [0.4, 0.5) is 10.1 Å². The van der Waals surface area contributed by atoms with Crippen LogP contribution in [0, 0.1) is 11.7 Å². The first-order valence-corrected chi connectivity index (χ1v) is 12.0. The van der Waals surface area contributed by atoms with Crippen molar-refractivity contribution in [1.29, 1.82) is 0 Å².